The molecule has 0 spiro atoms. The van der Waals surface area contributed by atoms with E-state index in [0.717, 1.165) is 6.26 Å². The van der Waals surface area contributed by atoms with E-state index in [1.54, 1.807) is 6.26 Å². The highest BCUT2D eigenvalue weighted by Crippen LogP contribution is 2.17. The zero-order chi connectivity index (χ0) is 9.99. The van der Waals surface area contributed by atoms with Gasteiger partial charge in [0.15, 0.2) is 15.6 Å². The molecule has 0 aromatic rings. The Kier molecular flexibility index (Phi) is 3.78. The van der Waals surface area contributed by atoms with Gasteiger partial charge in [0.05, 0.1) is 5.75 Å². The number of Topliss-reactive ketones (excluding diaryl/α,β-unsaturated/α-hetero) is 1. The fraction of sp³-hybridized carbons (Fsp3) is 0.857. The number of sulfone groups is 1. The van der Waals surface area contributed by atoms with Crippen LogP contribution in [0.3, 0.4) is 0 Å². The Hall–Kier alpha value is -0.0300. The van der Waals surface area contributed by atoms with Crippen molar-refractivity contribution >= 4 is 27.4 Å². The second-order valence-corrected chi connectivity index (χ2v) is 6.57. The molecule has 0 heterocycles. The maximum Gasteiger partial charge on any atom is 0.163 e. The van der Waals surface area contributed by atoms with Crippen LogP contribution in [0.2, 0.25) is 0 Å². The minimum atomic E-state index is -3.29. The molecule has 0 fully saturated rings. The molecule has 0 aliphatic heterocycles. The molecular weight excluding hydrogens is 196 g/mol. The van der Waals surface area contributed by atoms with E-state index < -0.39 is 14.6 Å². The van der Waals surface area contributed by atoms with Crippen LogP contribution in [0, 0.1) is 0 Å². The minimum Gasteiger partial charge on any atom is -0.297 e. The van der Waals surface area contributed by atoms with E-state index in [9.17, 15) is 13.2 Å². The highest BCUT2D eigenvalue weighted by atomic mass is 32.2. The maximum atomic E-state index is 11.3. The zero-order valence-corrected chi connectivity index (χ0v) is 9.38. The first-order valence-electron chi connectivity index (χ1n) is 3.45. The van der Waals surface area contributed by atoms with Gasteiger partial charge in [0.1, 0.15) is 4.75 Å². The molecule has 0 atom stereocenters. The Morgan fingerprint density at radius 2 is 1.83 bits per heavy atom. The highest BCUT2D eigenvalue weighted by Gasteiger charge is 2.37. The quantitative estimate of drug-likeness (QED) is 0.687. The standard InChI is InChI=1S/C7H14O3S2/c1-7(2,12(4,9)10)6(8)5-11-3/h5H2,1-4H3. The SMILES string of the molecule is CSCC(=O)C(C)(C)S(C)(=O)=O. The molecule has 0 rings (SSSR count). The summed E-state index contributed by atoms with van der Waals surface area (Å²) in [6.07, 6.45) is 2.86. The van der Waals surface area contributed by atoms with Crippen molar-refractivity contribution in [3.05, 3.63) is 0 Å². The molecule has 0 saturated carbocycles. The lowest BCUT2D eigenvalue weighted by atomic mass is 10.1. The molecule has 72 valence electrons. The molecule has 0 radical (unpaired) electrons. The average molecular weight is 210 g/mol. The average Bonchev–Trinajstić information content (AvgIpc) is 1.85. The van der Waals surface area contributed by atoms with Gasteiger partial charge < -0.3 is 0 Å². The third-order valence-electron chi connectivity index (χ3n) is 1.87. The second kappa shape index (κ2) is 3.79. The second-order valence-electron chi connectivity index (χ2n) is 3.14. The highest BCUT2D eigenvalue weighted by molar-refractivity contribution is 7.99. The largest absolute Gasteiger partial charge is 0.297 e. The van der Waals surface area contributed by atoms with Crippen LogP contribution in [0.25, 0.3) is 0 Å². The molecule has 0 aliphatic rings. The third kappa shape index (κ3) is 2.48. The van der Waals surface area contributed by atoms with Crippen LogP contribution in [0.5, 0.6) is 0 Å². The van der Waals surface area contributed by atoms with Gasteiger partial charge >= 0.3 is 0 Å². The Labute approximate surface area is 77.8 Å². The molecule has 0 aromatic carbocycles. The Morgan fingerprint density at radius 1 is 1.42 bits per heavy atom. The number of ketones is 1. The van der Waals surface area contributed by atoms with Gasteiger partial charge in [-0.1, -0.05) is 0 Å². The summed E-state index contributed by atoms with van der Waals surface area (Å²) in [5.41, 5.74) is 0. The number of hydrogen-bond acceptors (Lipinski definition) is 4. The van der Waals surface area contributed by atoms with E-state index in [2.05, 4.69) is 0 Å². The van der Waals surface area contributed by atoms with Gasteiger partial charge in [0, 0.05) is 6.26 Å². The van der Waals surface area contributed by atoms with Gasteiger partial charge in [0.25, 0.3) is 0 Å². The van der Waals surface area contributed by atoms with Crippen LogP contribution >= 0.6 is 11.8 Å². The van der Waals surface area contributed by atoms with Crippen LogP contribution in [0.1, 0.15) is 13.8 Å². The molecule has 0 aliphatic carbocycles. The Bertz CT molecular complexity index is 264. The fourth-order valence-electron chi connectivity index (χ4n) is 0.512. The number of thioether (sulfide) groups is 1. The summed E-state index contributed by atoms with van der Waals surface area (Å²) in [6, 6.07) is 0. The molecule has 0 N–H and O–H groups in total. The summed E-state index contributed by atoms with van der Waals surface area (Å²) in [5, 5.41) is 0. The number of hydrogen-bond donors (Lipinski definition) is 0. The lowest BCUT2D eigenvalue weighted by Crippen LogP contribution is -2.41. The van der Waals surface area contributed by atoms with E-state index in [4.69, 9.17) is 0 Å². The van der Waals surface area contributed by atoms with E-state index in [1.807, 2.05) is 0 Å². The van der Waals surface area contributed by atoms with Gasteiger partial charge in [-0.25, -0.2) is 8.42 Å². The van der Waals surface area contributed by atoms with Crippen LogP contribution in [-0.4, -0.2) is 37.2 Å². The van der Waals surface area contributed by atoms with E-state index >= 15 is 0 Å². The van der Waals surface area contributed by atoms with Crippen molar-refractivity contribution in [2.45, 2.75) is 18.6 Å². The summed E-state index contributed by atoms with van der Waals surface area (Å²) in [6.45, 7) is 2.89. The predicted molar refractivity (Wildman–Crippen MR) is 52.3 cm³/mol. The Morgan fingerprint density at radius 3 is 2.08 bits per heavy atom. The number of carbonyl (C=O) groups is 1. The molecular formula is C7H14O3S2. The van der Waals surface area contributed by atoms with Gasteiger partial charge in [-0.3, -0.25) is 4.79 Å². The normalized spacial score (nSPS) is 13.0. The molecule has 0 amide bonds. The summed E-state index contributed by atoms with van der Waals surface area (Å²) >= 11 is 1.34. The topological polar surface area (TPSA) is 51.2 Å². The van der Waals surface area contributed by atoms with Crippen molar-refractivity contribution in [1.29, 1.82) is 0 Å². The first-order chi connectivity index (χ1) is 5.23. The molecule has 12 heavy (non-hydrogen) atoms. The number of rotatable bonds is 4. The maximum absolute atomic E-state index is 11.3. The molecule has 0 aromatic heterocycles. The molecule has 3 nitrogen and oxygen atoms in total. The summed E-state index contributed by atoms with van der Waals surface area (Å²) in [7, 11) is -3.29. The van der Waals surface area contributed by atoms with Crippen LogP contribution in [0.4, 0.5) is 0 Å². The predicted octanol–water partition coefficient (Wildman–Crippen LogP) is 0.742. The zero-order valence-electron chi connectivity index (χ0n) is 7.75. The van der Waals surface area contributed by atoms with Gasteiger partial charge in [-0.05, 0) is 20.1 Å². The van der Waals surface area contributed by atoms with E-state index in [1.165, 1.54) is 25.6 Å². The molecule has 5 heteroatoms. The minimum absolute atomic E-state index is 0.238. The summed E-state index contributed by atoms with van der Waals surface area (Å²) in [5.74, 6) is 0.0116. The van der Waals surface area contributed by atoms with Crippen molar-refractivity contribution in [1.82, 2.24) is 0 Å². The van der Waals surface area contributed by atoms with Crippen LogP contribution in [-0.2, 0) is 14.6 Å². The lowest BCUT2D eigenvalue weighted by molar-refractivity contribution is -0.118. The third-order valence-corrected chi connectivity index (χ3v) is 4.51. The first kappa shape index (κ1) is 12.0. The van der Waals surface area contributed by atoms with Crippen molar-refractivity contribution in [3.8, 4) is 0 Å². The van der Waals surface area contributed by atoms with Crippen LogP contribution < -0.4 is 0 Å². The molecule has 0 unspecified atom stereocenters. The van der Waals surface area contributed by atoms with Crippen LogP contribution in [0.15, 0.2) is 0 Å². The van der Waals surface area contributed by atoms with E-state index in [0.29, 0.717) is 0 Å². The smallest absolute Gasteiger partial charge is 0.163 e. The van der Waals surface area contributed by atoms with E-state index in [-0.39, 0.29) is 11.5 Å². The lowest BCUT2D eigenvalue weighted by Gasteiger charge is -2.19. The van der Waals surface area contributed by atoms with Crippen molar-refractivity contribution in [3.63, 3.8) is 0 Å². The monoisotopic (exact) mass is 210 g/mol. The van der Waals surface area contributed by atoms with Gasteiger partial charge in [-0.15, -0.1) is 0 Å². The Balaban J connectivity index is 4.75. The van der Waals surface area contributed by atoms with Crippen molar-refractivity contribution in [2.75, 3.05) is 18.3 Å². The molecule has 0 saturated heterocycles. The molecule has 0 bridgehead atoms. The summed E-state index contributed by atoms with van der Waals surface area (Å²) < 4.78 is 21.0. The summed E-state index contributed by atoms with van der Waals surface area (Å²) in [4.78, 5) is 11.3. The van der Waals surface area contributed by atoms with Gasteiger partial charge in [0.2, 0.25) is 0 Å². The fourth-order valence-corrected chi connectivity index (χ4v) is 1.71. The number of carbonyl (C=O) groups excluding carboxylic acids is 1. The first-order valence-corrected chi connectivity index (χ1v) is 6.74. The van der Waals surface area contributed by atoms with Crippen molar-refractivity contribution in [2.24, 2.45) is 0 Å². The van der Waals surface area contributed by atoms with Gasteiger partial charge in [-0.2, -0.15) is 11.8 Å². The van der Waals surface area contributed by atoms with Crippen molar-refractivity contribution < 1.29 is 13.2 Å².